The van der Waals surface area contributed by atoms with Crippen LogP contribution in [-0.4, -0.2) is 38.5 Å². The molecule has 2 aliphatic rings. The first-order valence-electron chi connectivity index (χ1n) is 8.16. The molecule has 2 aliphatic heterocycles. The van der Waals surface area contributed by atoms with Crippen LogP contribution in [0.4, 0.5) is 5.69 Å². The second-order valence-electron chi connectivity index (χ2n) is 5.79. The molecule has 0 aliphatic carbocycles. The Morgan fingerprint density at radius 2 is 1.68 bits per heavy atom. The number of carbonyl (C=O) groups excluding carboxylic acids is 2. The van der Waals surface area contributed by atoms with Gasteiger partial charge < -0.3 is 29.0 Å². The number of carbonyl (C=O) groups is 2. The Morgan fingerprint density at radius 3 is 2.46 bits per heavy atom. The van der Waals surface area contributed by atoms with Crippen LogP contribution in [0.1, 0.15) is 10.4 Å². The number of hydrogen-bond donors (Lipinski definition) is 1. The summed E-state index contributed by atoms with van der Waals surface area (Å²) in [5.74, 6) is 0.372. The predicted octanol–water partition coefficient (Wildman–Crippen LogP) is 3.29. The van der Waals surface area contributed by atoms with Crippen LogP contribution >= 0.6 is 23.2 Å². The Balaban J connectivity index is 1.38. The van der Waals surface area contributed by atoms with Gasteiger partial charge in [-0.1, -0.05) is 23.2 Å². The van der Waals surface area contributed by atoms with E-state index in [1.54, 1.807) is 12.1 Å². The van der Waals surface area contributed by atoms with Crippen LogP contribution in [0.5, 0.6) is 23.0 Å². The van der Waals surface area contributed by atoms with E-state index < -0.39 is 18.5 Å². The molecule has 0 fully saturated rings. The molecule has 0 unspecified atom stereocenters. The minimum atomic E-state index is -0.733. The number of halogens is 2. The van der Waals surface area contributed by atoms with Crippen LogP contribution in [0.3, 0.4) is 0 Å². The lowest BCUT2D eigenvalue weighted by Crippen LogP contribution is -2.21. The summed E-state index contributed by atoms with van der Waals surface area (Å²) in [6.07, 6.45) is 0. The van der Waals surface area contributed by atoms with E-state index in [9.17, 15) is 9.59 Å². The largest absolute Gasteiger partial charge is 0.486 e. The van der Waals surface area contributed by atoms with E-state index in [0.717, 1.165) is 0 Å². The number of amides is 1. The molecule has 0 atom stereocenters. The van der Waals surface area contributed by atoms with Crippen LogP contribution in [0.2, 0.25) is 10.0 Å². The van der Waals surface area contributed by atoms with Crippen molar-refractivity contribution >= 4 is 40.8 Å². The molecule has 0 bridgehead atoms. The number of esters is 1. The zero-order valence-electron chi connectivity index (χ0n) is 14.3. The van der Waals surface area contributed by atoms with Crippen molar-refractivity contribution in [2.24, 2.45) is 0 Å². The zero-order valence-corrected chi connectivity index (χ0v) is 15.8. The maximum Gasteiger partial charge on any atom is 0.338 e. The van der Waals surface area contributed by atoms with Crippen molar-refractivity contribution < 1.29 is 33.3 Å². The number of anilines is 1. The molecule has 8 nitrogen and oxygen atoms in total. The molecule has 0 spiro atoms. The quantitative estimate of drug-likeness (QED) is 0.751. The smallest absolute Gasteiger partial charge is 0.338 e. The van der Waals surface area contributed by atoms with Crippen LogP contribution in [0.25, 0.3) is 0 Å². The van der Waals surface area contributed by atoms with Crippen molar-refractivity contribution in [1.82, 2.24) is 0 Å². The number of rotatable bonds is 4. The Labute approximate surface area is 169 Å². The van der Waals surface area contributed by atoms with E-state index in [1.165, 1.54) is 12.1 Å². The summed E-state index contributed by atoms with van der Waals surface area (Å²) in [5.41, 5.74) is 0.456. The van der Waals surface area contributed by atoms with Gasteiger partial charge in [0.1, 0.15) is 13.2 Å². The van der Waals surface area contributed by atoms with Crippen molar-refractivity contribution in [3.8, 4) is 23.0 Å². The highest BCUT2D eigenvalue weighted by Crippen LogP contribution is 2.40. The first-order chi connectivity index (χ1) is 13.5. The van der Waals surface area contributed by atoms with E-state index in [-0.39, 0.29) is 22.4 Å². The molecular weight excluding hydrogens is 413 g/mol. The van der Waals surface area contributed by atoms with Crippen molar-refractivity contribution in [2.75, 3.05) is 31.9 Å². The maximum atomic E-state index is 12.2. The monoisotopic (exact) mass is 425 g/mol. The molecule has 0 saturated carbocycles. The van der Waals surface area contributed by atoms with Gasteiger partial charge >= 0.3 is 5.97 Å². The number of fused-ring (bicyclic) bond motifs is 2. The molecule has 0 aromatic heterocycles. The minimum Gasteiger partial charge on any atom is -0.486 e. The Kier molecular flexibility index (Phi) is 5.06. The number of ether oxygens (including phenoxy) is 5. The molecule has 2 aromatic rings. The molecular formula is C18H13Cl2NO7. The molecule has 4 rings (SSSR count). The topological polar surface area (TPSA) is 92.3 Å². The van der Waals surface area contributed by atoms with Gasteiger partial charge in [-0.05, 0) is 12.1 Å². The highest BCUT2D eigenvalue weighted by Gasteiger charge is 2.22. The van der Waals surface area contributed by atoms with Gasteiger partial charge in [0.25, 0.3) is 5.91 Å². The summed E-state index contributed by atoms with van der Waals surface area (Å²) in [4.78, 5) is 24.3. The minimum absolute atomic E-state index is 0.0201. The third kappa shape index (κ3) is 3.74. The van der Waals surface area contributed by atoms with E-state index in [0.29, 0.717) is 41.9 Å². The van der Waals surface area contributed by atoms with Gasteiger partial charge in [0.05, 0.1) is 21.3 Å². The van der Waals surface area contributed by atoms with Crippen molar-refractivity contribution in [1.29, 1.82) is 0 Å². The Bertz CT molecular complexity index is 963. The van der Waals surface area contributed by atoms with Gasteiger partial charge in [0.2, 0.25) is 6.79 Å². The molecule has 2 aromatic carbocycles. The fraction of sp³-hybridized carbons (Fsp3) is 0.222. The second kappa shape index (κ2) is 7.65. The van der Waals surface area contributed by atoms with Gasteiger partial charge in [-0.15, -0.1) is 0 Å². The fourth-order valence-electron chi connectivity index (χ4n) is 2.65. The molecule has 0 radical (unpaired) electrons. The highest BCUT2D eigenvalue weighted by molar-refractivity contribution is 6.34. The standard InChI is InChI=1S/C18H13Cl2NO7/c19-10-5-13-14(25-2-1-24-13)6-12(10)21-16(22)7-26-18(23)9-3-11(20)17-15(4-9)27-8-28-17/h3-6H,1-2,7-8H2,(H,21,22). The second-order valence-corrected chi connectivity index (χ2v) is 6.61. The Morgan fingerprint density at radius 1 is 0.929 bits per heavy atom. The van der Waals surface area contributed by atoms with Gasteiger partial charge in [-0.3, -0.25) is 4.79 Å². The first kappa shape index (κ1) is 18.5. The van der Waals surface area contributed by atoms with Crippen LogP contribution < -0.4 is 24.3 Å². The van der Waals surface area contributed by atoms with Gasteiger partial charge in [-0.2, -0.15) is 0 Å². The predicted molar refractivity (Wildman–Crippen MR) is 98.9 cm³/mol. The van der Waals surface area contributed by atoms with E-state index >= 15 is 0 Å². The molecule has 1 amide bonds. The lowest BCUT2D eigenvalue weighted by atomic mass is 10.2. The molecule has 2 heterocycles. The van der Waals surface area contributed by atoms with E-state index in [4.69, 9.17) is 46.9 Å². The zero-order chi connectivity index (χ0) is 19.7. The molecule has 0 saturated heterocycles. The highest BCUT2D eigenvalue weighted by atomic mass is 35.5. The lowest BCUT2D eigenvalue weighted by molar-refractivity contribution is -0.119. The van der Waals surface area contributed by atoms with E-state index in [1.807, 2.05) is 0 Å². The molecule has 146 valence electrons. The average Bonchev–Trinajstić information content (AvgIpc) is 3.16. The summed E-state index contributed by atoms with van der Waals surface area (Å²) in [5, 5.41) is 3.05. The SMILES string of the molecule is O=C(COC(=O)c1cc(Cl)c2c(c1)OCO2)Nc1cc2c(cc1Cl)OCCO2. The average molecular weight is 426 g/mol. The van der Waals surface area contributed by atoms with Crippen molar-refractivity contribution in [3.63, 3.8) is 0 Å². The molecule has 28 heavy (non-hydrogen) atoms. The van der Waals surface area contributed by atoms with Crippen molar-refractivity contribution in [2.45, 2.75) is 0 Å². The summed E-state index contributed by atoms with van der Waals surface area (Å²) in [6.45, 7) is 0.328. The van der Waals surface area contributed by atoms with Gasteiger partial charge in [-0.25, -0.2) is 4.79 Å². The van der Waals surface area contributed by atoms with Gasteiger partial charge in [0.15, 0.2) is 29.6 Å². The van der Waals surface area contributed by atoms with Crippen LogP contribution in [0.15, 0.2) is 24.3 Å². The normalized spacial score (nSPS) is 13.8. The van der Waals surface area contributed by atoms with Crippen LogP contribution in [-0.2, 0) is 9.53 Å². The third-order valence-electron chi connectivity index (χ3n) is 3.90. The van der Waals surface area contributed by atoms with Crippen molar-refractivity contribution in [3.05, 3.63) is 39.9 Å². The fourth-order valence-corrected chi connectivity index (χ4v) is 3.11. The molecule has 1 N–H and O–H groups in total. The summed E-state index contributed by atoms with van der Waals surface area (Å²) >= 11 is 12.2. The van der Waals surface area contributed by atoms with E-state index in [2.05, 4.69) is 5.32 Å². The summed E-state index contributed by atoms with van der Waals surface area (Å²) < 4.78 is 26.3. The number of nitrogens with one attached hydrogen (secondary N) is 1. The number of hydrogen-bond acceptors (Lipinski definition) is 7. The summed E-state index contributed by atoms with van der Waals surface area (Å²) in [7, 11) is 0. The summed E-state index contributed by atoms with van der Waals surface area (Å²) in [6, 6.07) is 5.92. The van der Waals surface area contributed by atoms with Gasteiger partial charge in [0, 0.05) is 12.1 Å². The third-order valence-corrected chi connectivity index (χ3v) is 4.50. The number of benzene rings is 2. The Hall–Kier alpha value is -2.84. The lowest BCUT2D eigenvalue weighted by Gasteiger charge is -2.20. The first-order valence-corrected chi connectivity index (χ1v) is 8.92. The molecule has 10 heteroatoms. The maximum absolute atomic E-state index is 12.2. The van der Waals surface area contributed by atoms with Crippen LogP contribution in [0, 0.1) is 0 Å².